The van der Waals surface area contributed by atoms with Crippen LogP contribution in [-0.4, -0.2) is 54.8 Å². The Bertz CT molecular complexity index is 395. The molecule has 0 saturated heterocycles. The van der Waals surface area contributed by atoms with E-state index in [1.807, 2.05) is 25.7 Å². The number of aliphatic imine (C=N–C) groups is 1. The zero-order valence-electron chi connectivity index (χ0n) is 13.6. The van der Waals surface area contributed by atoms with Crippen LogP contribution in [0.25, 0.3) is 0 Å². The number of ether oxygens (including phenoxy) is 1. The smallest absolute Gasteiger partial charge is 0.410 e. The SMILES string of the molecule is CN=C(NCCN(C(=O)OC(C)(C)C)C1CC1)NC1CC1. The van der Waals surface area contributed by atoms with Crippen molar-refractivity contribution < 1.29 is 9.53 Å². The molecule has 6 heteroatoms. The van der Waals surface area contributed by atoms with Crippen LogP contribution in [0.15, 0.2) is 4.99 Å². The number of carbonyl (C=O) groups excluding carboxylic acids is 1. The molecule has 2 aliphatic carbocycles. The number of hydrogen-bond acceptors (Lipinski definition) is 3. The molecule has 6 nitrogen and oxygen atoms in total. The minimum Gasteiger partial charge on any atom is -0.444 e. The van der Waals surface area contributed by atoms with E-state index >= 15 is 0 Å². The van der Waals surface area contributed by atoms with Crippen LogP contribution in [0.1, 0.15) is 46.5 Å². The van der Waals surface area contributed by atoms with Crippen molar-refractivity contribution in [2.75, 3.05) is 20.1 Å². The highest BCUT2D eigenvalue weighted by Crippen LogP contribution is 2.28. The van der Waals surface area contributed by atoms with Crippen molar-refractivity contribution in [1.29, 1.82) is 0 Å². The van der Waals surface area contributed by atoms with Crippen LogP contribution >= 0.6 is 0 Å². The molecular weight excluding hydrogens is 268 g/mol. The highest BCUT2D eigenvalue weighted by molar-refractivity contribution is 5.80. The van der Waals surface area contributed by atoms with Crippen LogP contribution in [-0.2, 0) is 4.74 Å². The standard InChI is InChI=1S/C15H28N4O2/c1-15(2,3)21-14(20)19(12-7-8-12)10-9-17-13(16-4)18-11-5-6-11/h11-12H,5-10H2,1-4H3,(H2,16,17,18). The third-order valence-electron chi connectivity index (χ3n) is 3.40. The second kappa shape index (κ2) is 6.54. The van der Waals surface area contributed by atoms with Crippen molar-refractivity contribution in [3.63, 3.8) is 0 Å². The van der Waals surface area contributed by atoms with Crippen molar-refractivity contribution in [3.8, 4) is 0 Å². The number of guanidine groups is 1. The second-order valence-corrected chi connectivity index (χ2v) is 6.82. The number of rotatable bonds is 5. The Kier molecular flexibility index (Phi) is 4.96. The Morgan fingerprint density at radius 1 is 1.29 bits per heavy atom. The van der Waals surface area contributed by atoms with Gasteiger partial charge in [-0.15, -0.1) is 0 Å². The van der Waals surface area contributed by atoms with E-state index in [9.17, 15) is 4.79 Å². The second-order valence-electron chi connectivity index (χ2n) is 6.82. The highest BCUT2D eigenvalue weighted by atomic mass is 16.6. The zero-order chi connectivity index (χ0) is 15.5. The van der Waals surface area contributed by atoms with E-state index < -0.39 is 5.60 Å². The van der Waals surface area contributed by atoms with Crippen LogP contribution < -0.4 is 10.6 Å². The van der Waals surface area contributed by atoms with Crippen LogP contribution in [0, 0.1) is 0 Å². The molecule has 0 aromatic rings. The summed E-state index contributed by atoms with van der Waals surface area (Å²) in [4.78, 5) is 18.2. The van der Waals surface area contributed by atoms with Gasteiger partial charge in [-0.25, -0.2) is 4.79 Å². The first-order valence-electron chi connectivity index (χ1n) is 7.86. The third kappa shape index (κ3) is 5.81. The summed E-state index contributed by atoms with van der Waals surface area (Å²) in [6.07, 6.45) is 4.37. The molecule has 120 valence electrons. The third-order valence-corrected chi connectivity index (χ3v) is 3.40. The summed E-state index contributed by atoms with van der Waals surface area (Å²) in [5.74, 6) is 0.817. The van der Waals surface area contributed by atoms with E-state index in [2.05, 4.69) is 15.6 Å². The van der Waals surface area contributed by atoms with E-state index in [1.54, 1.807) is 7.05 Å². The number of amides is 1. The van der Waals surface area contributed by atoms with Gasteiger partial charge in [-0.05, 0) is 46.5 Å². The molecule has 0 aromatic heterocycles. The first-order chi connectivity index (χ1) is 9.89. The summed E-state index contributed by atoms with van der Waals surface area (Å²) in [5.41, 5.74) is -0.443. The van der Waals surface area contributed by atoms with Gasteiger partial charge in [0.2, 0.25) is 0 Å². The maximum absolute atomic E-state index is 12.2. The van der Waals surface area contributed by atoms with Crippen molar-refractivity contribution >= 4 is 12.1 Å². The summed E-state index contributed by atoms with van der Waals surface area (Å²) >= 11 is 0. The Morgan fingerprint density at radius 3 is 2.43 bits per heavy atom. The fourth-order valence-electron chi connectivity index (χ4n) is 2.04. The van der Waals surface area contributed by atoms with Crippen LogP contribution in [0.3, 0.4) is 0 Å². The van der Waals surface area contributed by atoms with Crippen molar-refractivity contribution in [1.82, 2.24) is 15.5 Å². The fraction of sp³-hybridized carbons (Fsp3) is 0.867. The summed E-state index contributed by atoms with van der Waals surface area (Å²) in [6, 6.07) is 0.918. The molecule has 2 fully saturated rings. The minimum absolute atomic E-state index is 0.211. The molecule has 0 aromatic carbocycles. The van der Waals surface area contributed by atoms with Crippen molar-refractivity contribution in [2.45, 2.75) is 64.1 Å². The van der Waals surface area contributed by atoms with Crippen LogP contribution in [0.2, 0.25) is 0 Å². The maximum atomic E-state index is 12.2. The molecule has 2 N–H and O–H groups in total. The summed E-state index contributed by atoms with van der Waals surface area (Å²) in [6.45, 7) is 7.02. The normalized spacial score (nSPS) is 19.1. The molecule has 21 heavy (non-hydrogen) atoms. The van der Waals surface area contributed by atoms with E-state index in [0.717, 1.165) is 18.8 Å². The van der Waals surface area contributed by atoms with Gasteiger partial charge in [-0.2, -0.15) is 0 Å². The Labute approximate surface area is 127 Å². The lowest BCUT2D eigenvalue weighted by molar-refractivity contribution is 0.0238. The lowest BCUT2D eigenvalue weighted by Crippen LogP contribution is -2.45. The van der Waals surface area contributed by atoms with Crippen molar-refractivity contribution in [2.24, 2.45) is 4.99 Å². The lowest BCUT2D eigenvalue weighted by Gasteiger charge is -2.27. The topological polar surface area (TPSA) is 66.0 Å². The molecule has 2 saturated carbocycles. The van der Waals surface area contributed by atoms with E-state index in [1.165, 1.54) is 12.8 Å². The molecular formula is C15H28N4O2. The van der Waals surface area contributed by atoms with Gasteiger partial charge in [0.15, 0.2) is 5.96 Å². The van der Waals surface area contributed by atoms with Gasteiger partial charge in [0, 0.05) is 32.2 Å². The quantitative estimate of drug-likeness (QED) is 0.599. The van der Waals surface area contributed by atoms with Gasteiger partial charge in [0.1, 0.15) is 5.60 Å². The van der Waals surface area contributed by atoms with E-state index in [4.69, 9.17) is 4.74 Å². The Balaban J connectivity index is 1.76. The van der Waals surface area contributed by atoms with E-state index in [-0.39, 0.29) is 6.09 Å². The molecule has 0 unspecified atom stereocenters. The molecule has 0 atom stereocenters. The highest BCUT2D eigenvalue weighted by Gasteiger charge is 2.34. The number of nitrogens with one attached hydrogen (secondary N) is 2. The van der Waals surface area contributed by atoms with Gasteiger partial charge >= 0.3 is 6.09 Å². The Hall–Kier alpha value is -1.46. The zero-order valence-corrected chi connectivity index (χ0v) is 13.6. The molecule has 0 bridgehead atoms. The average molecular weight is 296 g/mol. The summed E-state index contributed by atoms with van der Waals surface area (Å²) < 4.78 is 5.47. The molecule has 0 heterocycles. The first kappa shape index (κ1) is 15.9. The monoisotopic (exact) mass is 296 g/mol. The number of carbonyl (C=O) groups is 1. The van der Waals surface area contributed by atoms with Gasteiger partial charge in [-0.1, -0.05) is 0 Å². The van der Waals surface area contributed by atoms with Crippen LogP contribution in [0.5, 0.6) is 0 Å². The lowest BCUT2D eigenvalue weighted by atomic mass is 10.2. The van der Waals surface area contributed by atoms with Gasteiger partial charge in [-0.3, -0.25) is 4.99 Å². The number of nitrogens with zero attached hydrogens (tertiary/aromatic N) is 2. The molecule has 0 aliphatic heterocycles. The van der Waals surface area contributed by atoms with Gasteiger partial charge in [0.25, 0.3) is 0 Å². The predicted octanol–water partition coefficient (Wildman–Crippen LogP) is 1.71. The molecule has 2 aliphatic rings. The first-order valence-corrected chi connectivity index (χ1v) is 7.86. The molecule has 2 rings (SSSR count). The largest absolute Gasteiger partial charge is 0.444 e. The molecule has 1 amide bonds. The predicted molar refractivity (Wildman–Crippen MR) is 83.5 cm³/mol. The maximum Gasteiger partial charge on any atom is 0.410 e. The minimum atomic E-state index is -0.443. The van der Waals surface area contributed by atoms with Gasteiger partial charge < -0.3 is 20.3 Å². The Morgan fingerprint density at radius 2 is 1.95 bits per heavy atom. The molecule has 0 spiro atoms. The van der Waals surface area contributed by atoms with E-state index in [0.29, 0.717) is 25.2 Å². The molecule has 0 radical (unpaired) electrons. The van der Waals surface area contributed by atoms with Crippen LogP contribution in [0.4, 0.5) is 4.79 Å². The fourth-order valence-corrected chi connectivity index (χ4v) is 2.04. The summed E-state index contributed by atoms with van der Waals surface area (Å²) in [5, 5.41) is 6.59. The average Bonchev–Trinajstić information content (AvgIpc) is 3.23. The van der Waals surface area contributed by atoms with Crippen molar-refractivity contribution in [3.05, 3.63) is 0 Å². The van der Waals surface area contributed by atoms with Gasteiger partial charge in [0.05, 0.1) is 0 Å². The number of hydrogen-bond donors (Lipinski definition) is 2. The summed E-state index contributed by atoms with van der Waals surface area (Å²) in [7, 11) is 1.77.